The van der Waals surface area contributed by atoms with E-state index in [4.69, 9.17) is 11.0 Å². The molecule has 0 unspecified atom stereocenters. The second-order valence-electron chi connectivity index (χ2n) is 5.14. The molecule has 0 spiro atoms. The molecule has 0 amide bonds. The van der Waals surface area contributed by atoms with E-state index in [9.17, 15) is 4.79 Å². The van der Waals surface area contributed by atoms with Gasteiger partial charge in [-0.2, -0.15) is 5.26 Å². The summed E-state index contributed by atoms with van der Waals surface area (Å²) in [6, 6.07) is 14.4. The first kappa shape index (κ1) is 13.8. The molecule has 1 heterocycles. The van der Waals surface area contributed by atoms with Crippen molar-refractivity contribution < 1.29 is 0 Å². The summed E-state index contributed by atoms with van der Waals surface area (Å²) in [4.78, 5) is 17.1. The number of nitriles is 1. The van der Waals surface area contributed by atoms with E-state index in [1.165, 1.54) is 0 Å². The fourth-order valence-corrected chi connectivity index (χ4v) is 2.40. The quantitative estimate of drug-likeness (QED) is 0.733. The summed E-state index contributed by atoms with van der Waals surface area (Å²) >= 11 is 0. The molecule has 0 aliphatic carbocycles. The third-order valence-corrected chi connectivity index (χ3v) is 3.59. The molecular formula is C17H14N4O. The number of nitrogens with zero attached hydrogens (tertiary/aromatic N) is 3. The van der Waals surface area contributed by atoms with Gasteiger partial charge >= 0.3 is 0 Å². The topological polar surface area (TPSA) is 84.7 Å². The maximum absolute atomic E-state index is 12.6. The summed E-state index contributed by atoms with van der Waals surface area (Å²) in [6.07, 6.45) is 0. The smallest absolute Gasteiger partial charge is 0.261 e. The van der Waals surface area contributed by atoms with Crippen LogP contribution in [0.3, 0.4) is 0 Å². The number of aryl methyl sites for hydroxylation is 1. The van der Waals surface area contributed by atoms with Crippen molar-refractivity contribution in [2.75, 3.05) is 5.73 Å². The summed E-state index contributed by atoms with van der Waals surface area (Å²) in [6.45, 7) is 2.22. The molecule has 5 heteroatoms. The zero-order chi connectivity index (χ0) is 15.7. The Labute approximate surface area is 127 Å². The average Bonchev–Trinajstić information content (AvgIpc) is 2.51. The largest absolute Gasteiger partial charge is 0.399 e. The molecular weight excluding hydrogens is 276 g/mol. The highest BCUT2D eigenvalue weighted by Gasteiger charge is 2.09. The number of nitrogen functional groups attached to an aromatic ring is 1. The van der Waals surface area contributed by atoms with E-state index in [-0.39, 0.29) is 5.56 Å². The summed E-state index contributed by atoms with van der Waals surface area (Å²) in [7, 11) is 0. The van der Waals surface area contributed by atoms with Gasteiger partial charge in [0.2, 0.25) is 0 Å². The number of fused-ring (bicyclic) bond motifs is 1. The Bertz CT molecular complexity index is 949. The molecule has 22 heavy (non-hydrogen) atoms. The van der Waals surface area contributed by atoms with Gasteiger partial charge in [-0.1, -0.05) is 12.1 Å². The lowest BCUT2D eigenvalue weighted by Crippen LogP contribution is -2.24. The minimum Gasteiger partial charge on any atom is -0.399 e. The van der Waals surface area contributed by atoms with E-state index in [1.807, 2.05) is 12.1 Å². The maximum Gasteiger partial charge on any atom is 0.261 e. The van der Waals surface area contributed by atoms with Crippen LogP contribution in [0.25, 0.3) is 10.9 Å². The minimum atomic E-state index is -0.0909. The average molecular weight is 290 g/mol. The van der Waals surface area contributed by atoms with Crippen LogP contribution in [0.2, 0.25) is 0 Å². The molecule has 0 bridgehead atoms. The van der Waals surface area contributed by atoms with Crippen molar-refractivity contribution in [3.8, 4) is 6.07 Å². The van der Waals surface area contributed by atoms with Crippen molar-refractivity contribution in [1.29, 1.82) is 5.26 Å². The van der Waals surface area contributed by atoms with Crippen LogP contribution in [0.1, 0.15) is 17.0 Å². The van der Waals surface area contributed by atoms with Crippen LogP contribution in [0.5, 0.6) is 0 Å². The van der Waals surface area contributed by atoms with Crippen molar-refractivity contribution in [1.82, 2.24) is 9.55 Å². The van der Waals surface area contributed by atoms with E-state index in [1.54, 1.807) is 41.8 Å². The van der Waals surface area contributed by atoms with Crippen LogP contribution in [-0.2, 0) is 6.54 Å². The molecule has 108 valence electrons. The van der Waals surface area contributed by atoms with Gasteiger partial charge in [0.25, 0.3) is 5.56 Å². The van der Waals surface area contributed by atoms with E-state index in [0.717, 1.165) is 5.56 Å². The van der Waals surface area contributed by atoms with Crippen molar-refractivity contribution in [3.63, 3.8) is 0 Å². The number of rotatable bonds is 2. The fourth-order valence-electron chi connectivity index (χ4n) is 2.40. The minimum absolute atomic E-state index is 0.0909. The van der Waals surface area contributed by atoms with Crippen molar-refractivity contribution >= 4 is 16.6 Å². The van der Waals surface area contributed by atoms with Crippen LogP contribution >= 0.6 is 0 Å². The van der Waals surface area contributed by atoms with Crippen LogP contribution in [-0.4, -0.2) is 9.55 Å². The first-order valence-electron chi connectivity index (χ1n) is 6.84. The van der Waals surface area contributed by atoms with Gasteiger partial charge in [0.15, 0.2) is 0 Å². The summed E-state index contributed by atoms with van der Waals surface area (Å²) in [5.74, 6) is 0.632. The molecule has 0 atom stereocenters. The highest BCUT2D eigenvalue weighted by Crippen LogP contribution is 2.13. The zero-order valence-corrected chi connectivity index (χ0v) is 12.1. The third kappa shape index (κ3) is 2.42. The number of hydrogen-bond donors (Lipinski definition) is 1. The van der Waals surface area contributed by atoms with Crippen LogP contribution in [0.4, 0.5) is 5.69 Å². The summed E-state index contributed by atoms with van der Waals surface area (Å²) < 4.78 is 1.62. The summed E-state index contributed by atoms with van der Waals surface area (Å²) in [5.41, 5.74) is 8.39. The molecule has 0 saturated carbocycles. The number of benzene rings is 2. The normalized spacial score (nSPS) is 10.5. The molecule has 3 rings (SSSR count). The first-order valence-corrected chi connectivity index (χ1v) is 6.84. The molecule has 0 radical (unpaired) electrons. The third-order valence-electron chi connectivity index (χ3n) is 3.59. The van der Waals surface area contributed by atoms with Crippen molar-refractivity contribution in [2.45, 2.75) is 13.5 Å². The van der Waals surface area contributed by atoms with Gasteiger partial charge < -0.3 is 5.73 Å². The van der Waals surface area contributed by atoms with Gasteiger partial charge in [-0.15, -0.1) is 0 Å². The van der Waals surface area contributed by atoms with Gasteiger partial charge in [-0.25, -0.2) is 4.98 Å². The van der Waals surface area contributed by atoms with E-state index < -0.39 is 0 Å². The summed E-state index contributed by atoms with van der Waals surface area (Å²) in [5, 5.41) is 9.37. The number of anilines is 1. The SMILES string of the molecule is Cc1nc2cc(N)ccc2c(=O)n1Cc1ccc(C#N)cc1. The number of nitrogens with two attached hydrogens (primary N) is 1. The zero-order valence-electron chi connectivity index (χ0n) is 12.1. The Morgan fingerprint density at radius 2 is 1.95 bits per heavy atom. The van der Waals surface area contributed by atoms with Gasteiger partial charge in [-0.05, 0) is 42.8 Å². The molecule has 0 aliphatic rings. The monoisotopic (exact) mass is 290 g/mol. The van der Waals surface area contributed by atoms with Crippen molar-refractivity contribution in [2.24, 2.45) is 0 Å². The van der Waals surface area contributed by atoms with Gasteiger partial charge in [0.05, 0.1) is 29.1 Å². The van der Waals surface area contributed by atoms with Gasteiger partial charge in [-0.3, -0.25) is 9.36 Å². The molecule has 2 aromatic carbocycles. The Kier molecular flexibility index (Phi) is 3.36. The Morgan fingerprint density at radius 3 is 2.64 bits per heavy atom. The molecule has 0 fully saturated rings. The Morgan fingerprint density at radius 1 is 1.23 bits per heavy atom. The number of hydrogen-bond acceptors (Lipinski definition) is 4. The molecule has 3 aromatic rings. The van der Waals surface area contributed by atoms with Crippen LogP contribution in [0, 0.1) is 18.3 Å². The second-order valence-corrected chi connectivity index (χ2v) is 5.14. The van der Waals surface area contributed by atoms with E-state index in [0.29, 0.717) is 34.5 Å². The second kappa shape index (κ2) is 5.34. The highest BCUT2D eigenvalue weighted by molar-refractivity contribution is 5.80. The highest BCUT2D eigenvalue weighted by atomic mass is 16.1. The predicted octanol–water partition coefficient (Wildman–Crippen LogP) is 2.21. The molecule has 0 saturated heterocycles. The fraction of sp³-hybridized carbons (Fsp3) is 0.118. The molecule has 0 aliphatic heterocycles. The maximum atomic E-state index is 12.6. The molecule has 5 nitrogen and oxygen atoms in total. The lowest BCUT2D eigenvalue weighted by Gasteiger charge is -2.11. The van der Waals surface area contributed by atoms with E-state index >= 15 is 0 Å². The lowest BCUT2D eigenvalue weighted by atomic mass is 10.1. The molecule has 2 N–H and O–H groups in total. The van der Waals surface area contributed by atoms with Gasteiger partial charge in [0, 0.05) is 5.69 Å². The first-order chi connectivity index (χ1) is 10.6. The van der Waals surface area contributed by atoms with Crippen LogP contribution < -0.4 is 11.3 Å². The van der Waals surface area contributed by atoms with Gasteiger partial charge in [0.1, 0.15) is 5.82 Å². The van der Waals surface area contributed by atoms with E-state index in [2.05, 4.69) is 11.1 Å². The van der Waals surface area contributed by atoms with Crippen LogP contribution in [0.15, 0.2) is 47.3 Å². The molecule has 1 aromatic heterocycles. The number of aromatic nitrogens is 2. The standard InChI is InChI=1S/C17H14N4O/c1-11-20-16-8-14(19)6-7-15(16)17(22)21(11)10-13-4-2-12(9-18)3-5-13/h2-8H,10,19H2,1H3. The Hall–Kier alpha value is -3.13. The lowest BCUT2D eigenvalue weighted by molar-refractivity contribution is 0.713. The Balaban J connectivity index is 2.08. The predicted molar refractivity (Wildman–Crippen MR) is 85.4 cm³/mol. The van der Waals surface area contributed by atoms with Crippen molar-refractivity contribution in [3.05, 3.63) is 69.8 Å².